The fourth-order valence-corrected chi connectivity index (χ4v) is 7.53. The van der Waals surface area contributed by atoms with Crippen LogP contribution >= 0.6 is 0 Å². The molecule has 3 aromatic rings. The Hall–Kier alpha value is -5.01. The number of hydrogen-bond donors (Lipinski definition) is 1. The third-order valence-corrected chi connectivity index (χ3v) is 10.5. The third kappa shape index (κ3) is 8.63. The Balaban J connectivity index is 1.64. The topological polar surface area (TPSA) is 119 Å². The number of aromatic nitrogens is 2. The van der Waals surface area contributed by atoms with Crippen molar-refractivity contribution < 1.29 is 14.0 Å². The zero-order valence-electron chi connectivity index (χ0n) is 32.8. The molecule has 10 heteroatoms. The molecule has 0 saturated carbocycles. The number of rotatable bonds is 13. The molecule has 2 aromatic carbocycles. The number of benzene rings is 2. The van der Waals surface area contributed by atoms with Crippen molar-refractivity contribution in [2.45, 2.75) is 90.1 Å². The number of nitrogens with one attached hydrogen (secondary N) is 1. The molecular formula is C43H55N7O3. The van der Waals surface area contributed by atoms with Crippen LogP contribution in [-0.2, 0) is 29.5 Å². The van der Waals surface area contributed by atoms with Crippen LogP contribution in [-0.4, -0.2) is 90.1 Å². The molecule has 10 nitrogen and oxygen atoms in total. The van der Waals surface area contributed by atoms with Crippen molar-refractivity contribution in [2.75, 3.05) is 41.3 Å². The van der Waals surface area contributed by atoms with Gasteiger partial charge in [-0.3, -0.25) is 9.59 Å². The number of carbonyl (C=O) groups is 2. The highest BCUT2D eigenvalue weighted by molar-refractivity contribution is 5.94. The molecule has 1 aromatic heterocycles. The van der Waals surface area contributed by atoms with Crippen LogP contribution in [0, 0.1) is 11.3 Å². The first-order valence-corrected chi connectivity index (χ1v) is 18.7. The fraction of sp³-hybridized carbons (Fsp3) is 0.465. The minimum absolute atomic E-state index is 0.0625. The summed E-state index contributed by atoms with van der Waals surface area (Å²) in [5, 5.41) is 22.6. The third-order valence-electron chi connectivity index (χ3n) is 10.5. The molecule has 3 atom stereocenters. The van der Waals surface area contributed by atoms with Crippen LogP contribution in [0.25, 0.3) is 5.70 Å². The van der Waals surface area contributed by atoms with Gasteiger partial charge in [0.15, 0.2) is 0 Å². The van der Waals surface area contributed by atoms with Gasteiger partial charge in [0.25, 0.3) is 5.91 Å². The average Bonchev–Trinajstić information content (AvgIpc) is 3.80. The predicted octanol–water partition coefficient (Wildman–Crippen LogP) is 6.46. The van der Waals surface area contributed by atoms with E-state index in [0.29, 0.717) is 49.6 Å². The Morgan fingerprint density at radius 1 is 1.04 bits per heavy atom. The van der Waals surface area contributed by atoms with Crippen molar-refractivity contribution in [3.8, 4) is 6.07 Å². The Labute approximate surface area is 315 Å². The molecule has 0 bridgehead atoms. The van der Waals surface area contributed by atoms with E-state index in [9.17, 15) is 14.9 Å². The zero-order valence-corrected chi connectivity index (χ0v) is 32.8. The van der Waals surface area contributed by atoms with Crippen LogP contribution in [0.1, 0.15) is 103 Å². The SMILES string of the molecule is C=C(c1ccc2c(c1)CCc1cc(C(=O)N(C)C)ccc1C2(C[C@@H](C)NCC(=O)N1CCCC1C#N)c1nnc(CC/C(C)=C/C=C(C)C)o1)N(C)C. The molecule has 1 aliphatic heterocycles. The number of nitrogens with zero attached hydrogens (tertiary/aromatic N) is 6. The Kier molecular flexibility index (Phi) is 12.4. The molecule has 5 rings (SSSR count). The van der Waals surface area contributed by atoms with E-state index >= 15 is 0 Å². The Morgan fingerprint density at radius 2 is 1.70 bits per heavy atom. The first kappa shape index (κ1) is 39.2. The quantitative estimate of drug-likeness (QED) is 0.200. The molecule has 2 heterocycles. The molecule has 1 fully saturated rings. The first-order chi connectivity index (χ1) is 25.2. The maximum absolute atomic E-state index is 13.4. The summed E-state index contributed by atoms with van der Waals surface area (Å²) < 4.78 is 6.74. The lowest BCUT2D eigenvalue weighted by Crippen LogP contribution is -2.45. The van der Waals surface area contributed by atoms with E-state index in [-0.39, 0.29) is 30.4 Å². The van der Waals surface area contributed by atoms with E-state index in [0.717, 1.165) is 52.8 Å². The predicted molar refractivity (Wildman–Crippen MR) is 209 cm³/mol. The molecule has 1 saturated heterocycles. The van der Waals surface area contributed by atoms with Crippen LogP contribution < -0.4 is 5.32 Å². The lowest BCUT2D eigenvalue weighted by atomic mass is 9.68. The van der Waals surface area contributed by atoms with Crippen molar-refractivity contribution in [1.29, 1.82) is 5.26 Å². The van der Waals surface area contributed by atoms with Gasteiger partial charge in [0.1, 0.15) is 11.5 Å². The Bertz CT molecular complexity index is 1870. The van der Waals surface area contributed by atoms with Crippen molar-refractivity contribution in [2.24, 2.45) is 0 Å². The summed E-state index contributed by atoms with van der Waals surface area (Å²) in [5.74, 6) is 0.901. The molecule has 2 amide bonds. The highest BCUT2D eigenvalue weighted by Crippen LogP contribution is 2.48. The molecule has 1 aliphatic carbocycles. The zero-order chi connectivity index (χ0) is 38.4. The number of fused-ring (bicyclic) bond motifs is 2. The highest BCUT2D eigenvalue weighted by atomic mass is 16.4. The second kappa shape index (κ2) is 16.8. The molecular weight excluding hydrogens is 663 g/mol. The van der Waals surface area contributed by atoms with E-state index in [1.54, 1.807) is 23.9 Å². The number of allylic oxidation sites excluding steroid dienone is 4. The number of likely N-dealkylation sites (tertiary alicyclic amines) is 1. The normalized spacial score (nSPS) is 18.7. The van der Waals surface area contributed by atoms with Gasteiger partial charge in [-0.05, 0) is 112 Å². The van der Waals surface area contributed by atoms with Crippen LogP contribution in [0.4, 0.5) is 0 Å². The summed E-state index contributed by atoms with van der Waals surface area (Å²) >= 11 is 0. The standard InChI is InChI=1S/C43H55N7O3/c1-28(2)12-13-29(3)14-21-39-46-47-42(53-39)43(25-30(4)45-27-40(51)50-22-10-11-36(50)26-44)37-19-17-32(31(5)48(6)7)23-33(37)15-16-34-24-35(18-20-38(34)43)41(52)49(8)9/h12-13,17-20,23-24,30,36,45H,5,10-11,14-16,21-22,25,27H2,1-4,6-9H3/b29-13+/t30-,36?,43?/m1/s1. The lowest BCUT2D eigenvalue weighted by molar-refractivity contribution is -0.130. The van der Waals surface area contributed by atoms with Gasteiger partial charge in [0.05, 0.1) is 12.6 Å². The number of aryl methyl sites for hydroxylation is 3. The molecule has 1 N–H and O–H groups in total. The number of amides is 2. The van der Waals surface area contributed by atoms with Gasteiger partial charge in [-0.15, -0.1) is 10.2 Å². The Morgan fingerprint density at radius 3 is 2.32 bits per heavy atom. The van der Waals surface area contributed by atoms with E-state index in [4.69, 9.17) is 9.52 Å². The van der Waals surface area contributed by atoms with Crippen molar-refractivity contribution >= 4 is 17.5 Å². The summed E-state index contributed by atoms with van der Waals surface area (Å²) in [7, 11) is 7.51. The van der Waals surface area contributed by atoms with E-state index in [1.165, 1.54) is 11.1 Å². The molecule has 2 aliphatic rings. The van der Waals surface area contributed by atoms with Gasteiger partial charge < -0.3 is 24.4 Å². The van der Waals surface area contributed by atoms with E-state index < -0.39 is 5.41 Å². The van der Waals surface area contributed by atoms with Gasteiger partial charge in [-0.2, -0.15) is 5.26 Å². The van der Waals surface area contributed by atoms with Crippen LogP contribution in [0.5, 0.6) is 0 Å². The summed E-state index contributed by atoms with van der Waals surface area (Å²) in [6, 6.07) is 14.2. The van der Waals surface area contributed by atoms with Crippen LogP contribution in [0.15, 0.2) is 70.7 Å². The van der Waals surface area contributed by atoms with Crippen molar-refractivity contribution in [3.63, 3.8) is 0 Å². The maximum Gasteiger partial charge on any atom is 0.253 e. The van der Waals surface area contributed by atoms with E-state index in [1.807, 2.05) is 31.1 Å². The van der Waals surface area contributed by atoms with Crippen molar-refractivity contribution in [3.05, 3.63) is 111 Å². The van der Waals surface area contributed by atoms with Gasteiger partial charge in [-0.25, -0.2) is 0 Å². The fourth-order valence-electron chi connectivity index (χ4n) is 7.53. The largest absolute Gasteiger partial charge is 0.424 e. The summed E-state index contributed by atoms with van der Waals surface area (Å²) in [6.45, 7) is 13.4. The van der Waals surface area contributed by atoms with Crippen LogP contribution in [0.2, 0.25) is 0 Å². The highest BCUT2D eigenvalue weighted by Gasteiger charge is 2.47. The minimum atomic E-state index is -0.907. The summed E-state index contributed by atoms with van der Waals surface area (Å²) in [6.07, 6.45) is 9.09. The van der Waals surface area contributed by atoms with Gasteiger partial charge in [-0.1, -0.05) is 48.1 Å². The lowest BCUT2D eigenvalue weighted by Gasteiger charge is -2.36. The van der Waals surface area contributed by atoms with Crippen LogP contribution in [0.3, 0.4) is 0 Å². The second-order valence-corrected chi connectivity index (χ2v) is 15.3. The monoisotopic (exact) mass is 717 g/mol. The van der Waals surface area contributed by atoms with Gasteiger partial charge in [0, 0.05) is 58.5 Å². The molecule has 53 heavy (non-hydrogen) atoms. The molecule has 280 valence electrons. The summed E-state index contributed by atoms with van der Waals surface area (Å²) in [4.78, 5) is 31.9. The van der Waals surface area contributed by atoms with E-state index in [2.05, 4.69) is 87.2 Å². The minimum Gasteiger partial charge on any atom is -0.424 e. The van der Waals surface area contributed by atoms with Crippen molar-refractivity contribution in [1.82, 2.24) is 30.2 Å². The molecule has 0 radical (unpaired) electrons. The number of carbonyl (C=O) groups excluding carboxylic acids is 2. The average molecular weight is 718 g/mol. The second-order valence-electron chi connectivity index (χ2n) is 15.3. The first-order valence-electron chi connectivity index (χ1n) is 18.7. The molecule has 0 spiro atoms. The smallest absolute Gasteiger partial charge is 0.253 e. The number of nitriles is 1. The summed E-state index contributed by atoms with van der Waals surface area (Å²) in [5.41, 5.74) is 8.33. The maximum atomic E-state index is 13.4. The van der Waals surface area contributed by atoms with Gasteiger partial charge >= 0.3 is 0 Å². The number of hydrogen-bond acceptors (Lipinski definition) is 8. The molecule has 2 unspecified atom stereocenters. The van der Waals surface area contributed by atoms with Gasteiger partial charge in [0.2, 0.25) is 17.7 Å².